The second-order valence-corrected chi connectivity index (χ2v) is 22.7. The number of carbonyl (C=O) groups excluding carboxylic acids is 3. The predicted octanol–water partition coefficient (Wildman–Crippen LogP) is 23.1. The summed E-state index contributed by atoms with van der Waals surface area (Å²) in [6, 6.07) is 0. The largest absolute Gasteiger partial charge is 0.462 e. The molecule has 0 spiro atoms. The van der Waals surface area contributed by atoms with Crippen LogP contribution in [0.15, 0.2) is 60.8 Å². The van der Waals surface area contributed by atoms with Gasteiger partial charge in [-0.2, -0.15) is 0 Å². The molecule has 0 radical (unpaired) electrons. The average Bonchev–Trinajstić information content (AvgIpc) is 3.43. The molecule has 0 saturated carbocycles. The van der Waals surface area contributed by atoms with Crippen molar-refractivity contribution in [1.29, 1.82) is 0 Å². The van der Waals surface area contributed by atoms with Crippen LogP contribution in [0.25, 0.3) is 0 Å². The van der Waals surface area contributed by atoms with Crippen LogP contribution in [0.5, 0.6) is 0 Å². The van der Waals surface area contributed by atoms with E-state index in [0.717, 1.165) is 89.9 Å². The molecule has 0 aromatic rings. The molecule has 0 bridgehead atoms. The van der Waals surface area contributed by atoms with Crippen LogP contribution >= 0.6 is 0 Å². The SMILES string of the molecule is CC/C=C\C/C=C\C/C=C\C/C=C\CCCCCCCCCCCCC(=O)OCC(COC(=O)CCCCCCC/C=C\CCCCCCC)OC(=O)CCCCCCCCCCCCCCCCCCCCCCCC. The van der Waals surface area contributed by atoms with E-state index in [1.807, 2.05) is 0 Å². The minimum Gasteiger partial charge on any atom is -0.462 e. The maximum absolute atomic E-state index is 12.9. The third-order valence-corrected chi connectivity index (χ3v) is 15.0. The van der Waals surface area contributed by atoms with Gasteiger partial charge in [0.05, 0.1) is 0 Å². The minimum absolute atomic E-state index is 0.0754. The molecule has 0 amide bonds. The fraction of sp³-hybridized carbons (Fsp3) is 0.817. The molecule has 0 aliphatic heterocycles. The summed E-state index contributed by atoms with van der Waals surface area (Å²) >= 11 is 0. The van der Waals surface area contributed by atoms with Gasteiger partial charge in [0.2, 0.25) is 0 Å². The minimum atomic E-state index is -0.778. The lowest BCUT2D eigenvalue weighted by molar-refractivity contribution is -0.167. The van der Waals surface area contributed by atoms with Gasteiger partial charge in [-0.15, -0.1) is 0 Å². The van der Waals surface area contributed by atoms with Gasteiger partial charge in [-0.05, 0) is 83.5 Å². The van der Waals surface area contributed by atoms with Crippen LogP contribution in [0.1, 0.15) is 355 Å². The normalized spacial score (nSPS) is 12.4. The number of ether oxygens (including phenoxy) is 3. The summed E-state index contributed by atoms with van der Waals surface area (Å²) in [6.45, 7) is 6.57. The molecule has 0 N–H and O–H groups in total. The molecular weight excluding hydrogens is 949 g/mol. The standard InChI is InChI=1S/C71H128O6/c1-4-7-10-13-16-19-22-25-28-30-32-34-36-38-39-41-43-46-49-52-55-58-61-64-70(73)76-67-68(66-75-69(72)63-60-57-54-51-48-45-27-24-21-18-15-12-9-6-3)77-71(74)65-62-59-56-53-50-47-44-42-40-37-35-33-31-29-26-23-20-17-14-11-8-5-2/h7,10,16,19,24-25,27-28,32,34,68H,4-6,8-9,11-15,17-18,20-23,26,29-31,33,35-67H2,1-3H3/b10-7-,19-16-,27-24-,28-25-,34-32-. The third-order valence-electron chi connectivity index (χ3n) is 15.0. The molecule has 1 atom stereocenters. The molecule has 6 nitrogen and oxygen atoms in total. The monoisotopic (exact) mass is 1080 g/mol. The Balaban J connectivity index is 4.30. The molecule has 0 aromatic heterocycles. The van der Waals surface area contributed by atoms with Gasteiger partial charge >= 0.3 is 17.9 Å². The van der Waals surface area contributed by atoms with Crippen molar-refractivity contribution in [3.63, 3.8) is 0 Å². The van der Waals surface area contributed by atoms with Gasteiger partial charge in [0.1, 0.15) is 13.2 Å². The van der Waals surface area contributed by atoms with Gasteiger partial charge in [-0.25, -0.2) is 0 Å². The van der Waals surface area contributed by atoms with Crippen LogP contribution in [0, 0.1) is 0 Å². The summed E-state index contributed by atoms with van der Waals surface area (Å²) in [5.74, 6) is -0.865. The van der Waals surface area contributed by atoms with Crippen molar-refractivity contribution in [3.05, 3.63) is 60.8 Å². The van der Waals surface area contributed by atoms with Gasteiger partial charge in [0, 0.05) is 19.3 Å². The van der Waals surface area contributed by atoms with E-state index in [2.05, 4.69) is 81.5 Å². The summed E-state index contributed by atoms with van der Waals surface area (Å²) in [4.78, 5) is 38.4. The number of unbranched alkanes of at least 4 members (excludes halogenated alkanes) is 41. The zero-order valence-corrected chi connectivity index (χ0v) is 51.5. The van der Waals surface area contributed by atoms with Crippen molar-refractivity contribution in [2.75, 3.05) is 13.2 Å². The third kappa shape index (κ3) is 63.8. The second-order valence-electron chi connectivity index (χ2n) is 22.7. The first-order chi connectivity index (χ1) is 38.0. The Morgan fingerprint density at radius 2 is 0.506 bits per heavy atom. The average molecular weight is 1080 g/mol. The van der Waals surface area contributed by atoms with Gasteiger partial charge in [0.25, 0.3) is 0 Å². The smallest absolute Gasteiger partial charge is 0.306 e. The van der Waals surface area contributed by atoms with Crippen molar-refractivity contribution >= 4 is 17.9 Å². The Morgan fingerprint density at radius 1 is 0.273 bits per heavy atom. The van der Waals surface area contributed by atoms with Gasteiger partial charge in [-0.1, -0.05) is 313 Å². The summed E-state index contributed by atoms with van der Waals surface area (Å²) in [7, 11) is 0. The highest BCUT2D eigenvalue weighted by Gasteiger charge is 2.19. The van der Waals surface area contributed by atoms with Crippen LogP contribution in [-0.4, -0.2) is 37.2 Å². The molecule has 0 aliphatic rings. The molecule has 77 heavy (non-hydrogen) atoms. The van der Waals surface area contributed by atoms with E-state index in [1.165, 1.54) is 225 Å². The topological polar surface area (TPSA) is 78.9 Å². The molecule has 1 unspecified atom stereocenters. The van der Waals surface area contributed by atoms with Crippen molar-refractivity contribution in [1.82, 2.24) is 0 Å². The van der Waals surface area contributed by atoms with Crippen molar-refractivity contribution in [3.8, 4) is 0 Å². The molecule has 0 rings (SSSR count). The molecule has 6 heteroatoms. The summed E-state index contributed by atoms with van der Waals surface area (Å²) < 4.78 is 17.0. The molecule has 0 heterocycles. The molecule has 448 valence electrons. The maximum atomic E-state index is 12.9. The van der Waals surface area contributed by atoms with Crippen LogP contribution in [-0.2, 0) is 28.6 Å². The van der Waals surface area contributed by atoms with E-state index in [0.29, 0.717) is 19.3 Å². The number of allylic oxidation sites excluding steroid dienone is 10. The van der Waals surface area contributed by atoms with Crippen LogP contribution < -0.4 is 0 Å². The molecule has 0 fully saturated rings. The van der Waals surface area contributed by atoms with E-state index < -0.39 is 6.10 Å². The summed E-state index contributed by atoms with van der Waals surface area (Å²) in [6.07, 6.45) is 83.8. The number of carbonyl (C=O) groups is 3. The zero-order valence-electron chi connectivity index (χ0n) is 51.5. The number of hydrogen-bond donors (Lipinski definition) is 0. The number of rotatable bonds is 62. The first kappa shape index (κ1) is 74.1. The fourth-order valence-electron chi connectivity index (χ4n) is 9.96. The highest BCUT2D eigenvalue weighted by atomic mass is 16.6. The van der Waals surface area contributed by atoms with Crippen LogP contribution in [0.3, 0.4) is 0 Å². The Hall–Kier alpha value is -2.89. The van der Waals surface area contributed by atoms with Crippen LogP contribution in [0.2, 0.25) is 0 Å². The van der Waals surface area contributed by atoms with E-state index >= 15 is 0 Å². The van der Waals surface area contributed by atoms with E-state index in [9.17, 15) is 14.4 Å². The lowest BCUT2D eigenvalue weighted by Gasteiger charge is -2.18. The van der Waals surface area contributed by atoms with Crippen molar-refractivity contribution in [2.24, 2.45) is 0 Å². The number of hydrogen-bond acceptors (Lipinski definition) is 6. The van der Waals surface area contributed by atoms with Crippen LogP contribution in [0.4, 0.5) is 0 Å². The second kappa shape index (κ2) is 65.6. The van der Waals surface area contributed by atoms with E-state index in [4.69, 9.17) is 14.2 Å². The Kier molecular flexibility index (Phi) is 63.2. The molecule has 0 saturated heterocycles. The quantitative estimate of drug-likeness (QED) is 0.0261. The Labute approximate surface area is 479 Å². The van der Waals surface area contributed by atoms with Crippen molar-refractivity contribution < 1.29 is 28.6 Å². The summed E-state index contributed by atoms with van der Waals surface area (Å²) in [5, 5.41) is 0. The molecule has 0 aliphatic carbocycles. The molecule has 0 aromatic carbocycles. The predicted molar refractivity (Wildman–Crippen MR) is 335 cm³/mol. The Bertz CT molecular complexity index is 1380. The summed E-state index contributed by atoms with van der Waals surface area (Å²) in [5.41, 5.74) is 0. The highest BCUT2D eigenvalue weighted by molar-refractivity contribution is 5.71. The first-order valence-electron chi connectivity index (χ1n) is 33.8. The first-order valence-corrected chi connectivity index (χ1v) is 33.8. The van der Waals surface area contributed by atoms with Crippen molar-refractivity contribution in [2.45, 2.75) is 361 Å². The highest BCUT2D eigenvalue weighted by Crippen LogP contribution is 2.18. The lowest BCUT2D eigenvalue weighted by Crippen LogP contribution is -2.30. The maximum Gasteiger partial charge on any atom is 0.306 e. The van der Waals surface area contributed by atoms with E-state index in [1.54, 1.807) is 0 Å². The van der Waals surface area contributed by atoms with Gasteiger partial charge < -0.3 is 14.2 Å². The Morgan fingerprint density at radius 3 is 0.805 bits per heavy atom. The fourth-order valence-corrected chi connectivity index (χ4v) is 9.96. The van der Waals surface area contributed by atoms with Gasteiger partial charge in [-0.3, -0.25) is 14.4 Å². The van der Waals surface area contributed by atoms with E-state index in [-0.39, 0.29) is 31.1 Å². The van der Waals surface area contributed by atoms with Gasteiger partial charge in [0.15, 0.2) is 6.10 Å². The number of esters is 3. The zero-order chi connectivity index (χ0) is 55.7. The molecular formula is C71H128O6. The lowest BCUT2D eigenvalue weighted by atomic mass is 10.0.